The molecule has 2 heterocycles. The fourth-order valence-corrected chi connectivity index (χ4v) is 3.89. The second kappa shape index (κ2) is 8.76. The Labute approximate surface area is 195 Å². The molecule has 0 aliphatic carbocycles. The van der Waals surface area contributed by atoms with Crippen LogP contribution >= 0.6 is 11.6 Å². The van der Waals surface area contributed by atoms with Gasteiger partial charge < -0.3 is 15.2 Å². The van der Waals surface area contributed by atoms with E-state index in [1.165, 1.54) is 6.92 Å². The van der Waals surface area contributed by atoms with Crippen molar-refractivity contribution in [1.29, 1.82) is 0 Å². The smallest absolute Gasteiger partial charge is 0.221 e. The normalized spacial score (nSPS) is 10.8. The van der Waals surface area contributed by atoms with Crippen LogP contribution in [-0.2, 0) is 4.79 Å². The number of nitrogens with one attached hydrogen (secondary N) is 2. The van der Waals surface area contributed by atoms with Crippen LogP contribution in [0.15, 0.2) is 91.4 Å². The number of carbonyl (C=O) groups excluding carboxylic acids is 1. The topological polar surface area (TPSA) is 71.8 Å². The minimum Gasteiger partial charge on any atom is -0.340 e. The predicted molar refractivity (Wildman–Crippen MR) is 133 cm³/mol. The third kappa shape index (κ3) is 4.29. The van der Waals surface area contributed by atoms with Crippen molar-refractivity contribution in [3.05, 3.63) is 96.4 Å². The molecule has 2 aromatic heterocycles. The first-order chi connectivity index (χ1) is 16.1. The Bertz CT molecular complexity index is 1430. The Balaban J connectivity index is 1.63. The summed E-state index contributed by atoms with van der Waals surface area (Å²) < 4.78 is 2.04. The molecule has 0 unspecified atom stereocenters. The number of carbonyl (C=O) groups is 1. The second-order valence-electron chi connectivity index (χ2n) is 7.56. The molecule has 0 aliphatic rings. The molecule has 162 valence electrons. The van der Waals surface area contributed by atoms with Gasteiger partial charge in [-0.15, -0.1) is 0 Å². The largest absolute Gasteiger partial charge is 0.340 e. The average molecular weight is 454 g/mol. The Morgan fingerprint density at radius 2 is 1.58 bits per heavy atom. The molecular formula is C26H20ClN5O. The van der Waals surface area contributed by atoms with Crippen LogP contribution in [0.4, 0.5) is 17.2 Å². The van der Waals surface area contributed by atoms with Crippen molar-refractivity contribution in [3.8, 4) is 16.8 Å². The summed E-state index contributed by atoms with van der Waals surface area (Å²) >= 11 is 6.10. The molecule has 1 amide bonds. The number of rotatable bonds is 5. The first-order valence-electron chi connectivity index (χ1n) is 10.4. The summed E-state index contributed by atoms with van der Waals surface area (Å²) in [6.45, 7) is 1.49. The van der Waals surface area contributed by atoms with E-state index in [-0.39, 0.29) is 5.91 Å². The standard InChI is InChI=1S/C26H20ClN5O/c1-17(33)30-20-9-11-21(12-10-20)31-25-24-23(18-5-3-2-4-6-18)15-32(26(24)29-16-28-25)22-13-7-19(27)8-14-22/h2-16H,1H3,(H,30,33)(H,28,29,31). The summed E-state index contributed by atoms with van der Waals surface area (Å²) in [5.41, 5.74) is 5.40. The molecule has 0 saturated carbocycles. The van der Waals surface area contributed by atoms with E-state index in [4.69, 9.17) is 11.6 Å². The third-order valence-corrected chi connectivity index (χ3v) is 5.49. The molecular weight excluding hydrogens is 434 g/mol. The zero-order valence-electron chi connectivity index (χ0n) is 17.8. The maximum Gasteiger partial charge on any atom is 0.221 e. The molecule has 0 atom stereocenters. The maximum absolute atomic E-state index is 11.3. The number of hydrogen-bond donors (Lipinski definition) is 2. The van der Waals surface area contributed by atoms with Gasteiger partial charge in [0.2, 0.25) is 5.91 Å². The molecule has 5 aromatic rings. The van der Waals surface area contributed by atoms with Gasteiger partial charge in [-0.3, -0.25) is 4.79 Å². The van der Waals surface area contributed by atoms with E-state index < -0.39 is 0 Å². The van der Waals surface area contributed by atoms with Crippen molar-refractivity contribution in [2.75, 3.05) is 10.6 Å². The lowest BCUT2D eigenvalue weighted by Gasteiger charge is -2.10. The summed E-state index contributed by atoms with van der Waals surface area (Å²) in [4.78, 5) is 20.5. The van der Waals surface area contributed by atoms with Gasteiger partial charge >= 0.3 is 0 Å². The molecule has 2 N–H and O–H groups in total. The molecule has 0 spiro atoms. The van der Waals surface area contributed by atoms with Gasteiger partial charge in [0.15, 0.2) is 5.65 Å². The van der Waals surface area contributed by atoms with Gasteiger partial charge in [0.05, 0.1) is 5.39 Å². The van der Waals surface area contributed by atoms with E-state index in [1.807, 2.05) is 71.3 Å². The zero-order valence-corrected chi connectivity index (χ0v) is 18.5. The quantitative estimate of drug-likeness (QED) is 0.321. The Morgan fingerprint density at radius 3 is 2.27 bits per heavy atom. The van der Waals surface area contributed by atoms with E-state index in [2.05, 4.69) is 38.9 Å². The molecule has 0 aliphatic heterocycles. The first kappa shape index (κ1) is 20.7. The number of hydrogen-bond acceptors (Lipinski definition) is 4. The van der Waals surface area contributed by atoms with Crippen molar-refractivity contribution in [3.63, 3.8) is 0 Å². The summed E-state index contributed by atoms with van der Waals surface area (Å²) in [7, 11) is 0. The SMILES string of the molecule is CC(=O)Nc1ccc(Nc2ncnc3c2c(-c2ccccc2)cn3-c2ccc(Cl)cc2)cc1. The van der Waals surface area contributed by atoms with Gasteiger partial charge in [-0.2, -0.15) is 0 Å². The van der Waals surface area contributed by atoms with Crippen LogP contribution in [0.3, 0.4) is 0 Å². The zero-order chi connectivity index (χ0) is 22.8. The predicted octanol–water partition coefficient (Wildman–Crippen LogP) is 6.44. The summed E-state index contributed by atoms with van der Waals surface area (Å²) in [6, 6.07) is 25.3. The molecule has 0 saturated heterocycles. The fourth-order valence-electron chi connectivity index (χ4n) is 3.77. The fraction of sp³-hybridized carbons (Fsp3) is 0.0385. The Kier molecular flexibility index (Phi) is 5.50. The van der Waals surface area contributed by atoms with E-state index >= 15 is 0 Å². The molecule has 3 aromatic carbocycles. The second-order valence-corrected chi connectivity index (χ2v) is 8.00. The van der Waals surface area contributed by atoms with Gasteiger partial charge in [-0.25, -0.2) is 9.97 Å². The van der Waals surface area contributed by atoms with Crippen molar-refractivity contribution in [1.82, 2.24) is 14.5 Å². The molecule has 5 rings (SSSR count). The number of amides is 1. The van der Waals surface area contributed by atoms with E-state index in [1.54, 1.807) is 6.33 Å². The summed E-state index contributed by atoms with van der Waals surface area (Å²) in [6.07, 6.45) is 3.63. The van der Waals surface area contributed by atoms with Crippen molar-refractivity contribution in [2.24, 2.45) is 0 Å². The molecule has 6 nitrogen and oxygen atoms in total. The van der Waals surface area contributed by atoms with Crippen LogP contribution in [0.2, 0.25) is 5.02 Å². The van der Waals surface area contributed by atoms with Crippen LogP contribution in [0.25, 0.3) is 27.8 Å². The molecule has 0 bridgehead atoms. The number of aromatic nitrogens is 3. The highest BCUT2D eigenvalue weighted by atomic mass is 35.5. The van der Waals surface area contributed by atoms with Crippen LogP contribution in [0, 0.1) is 0 Å². The summed E-state index contributed by atoms with van der Waals surface area (Å²) in [5, 5.41) is 7.78. The van der Waals surface area contributed by atoms with Gasteiger partial charge in [-0.1, -0.05) is 41.9 Å². The van der Waals surface area contributed by atoms with E-state index in [0.717, 1.165) is 39.2 Å². The van der Waals surface area contributed by atoms with Gasteiger partial charge in [0.25, 0.3) is 0 Å². The lowest BCUT2D eigenvalue weighted by Crippen LogP contribution is -2.05. The Morgan fingerprint density at radius 1 is 0.879 bits per heavy atom. The molecule has 33 heavy (non-hydrogen) atoms. The minimum atomic E-state index is -0.107. The number of anilines is 3. The number of nitrogens with zero attached hydrogens (tertiary/aromatic N) is 3. The van der Waals surface area contributed by atoms with E-state index in [0.29, 0.717) is 10.8 Å². The van der Waals surface area contributed by atoms with Crippen LogP contribution in [-0.4, -0.2) is 20.4 Å². The minimum absolute atomic E-state index is 0.107. The molecule has 7 heteroatoms. The van der Waals surface area contributed by atoms with Gasteiger partial charge in [0.1, 0.15) is 12.1 Å². The Hall–Kier alpha value is -4.16. The third-order valence-electron chi connectivity index (χ3n) is 5.24. The first-order valence-corrected chi connectivity index (χ1v) is 10.8. The van der Waals surface area contributed by atoms with Crippen molar-refractivity contribution < 1.29 is 4.79 Å². The lowest BCUT2D eigenvalue weighted by molar-refractivity contribution is -0.114. The van der Waals surface area contributed by atoms with Gasteiger partial charge in [0, 0.05) is 40.8 Å². The maximum atomic E-state index is 11.3. The van der Waals surface area contributed by atoms with Crippen LogP contribution in [0.5, 0.6) is 0 Å². The number of halogens is 1. The monoisotopic (exact) mass is 453 g/mol. The highest BCUT2D eigenvalue weighted by Crippen LogP contribution is 2.36. The van der Waals surface area contributed by atoms with Crippen molar-refractivity contribution >= 4 is 45.7 Å². The number of benzene rings is 3. The van der Waals surface area contributed by atoms with Gasteiger partial charge in [-0.05, 0) is 54.1 Å². The van der Waals surface area contributed by atoms with E-state index in [9.17, 15) is 4.79 Å². The highest BCUT2D eigenvalue weighted by molar-refractivity contribution is 6.30. The van der Waals surface area contributed by atoms with Crippen LogP contribution in [0.1, 0.15) is 6.92 Å². The molecule has 0 radical (unpaired) electrons. The number of fused-ring (bicyclic) bond motifs is 1. The van der Waals surface area contributed by atoms with Crippen LogP contribution < -0.4 is 10.6 Å². The summed E-state index contributed by atoms with van der Waals surface area (Å²) in [5.74, 6) is 0.586. The highest BCUT2D eigenvalue weighted by Gasteiger charge is 2.17. The molecule has 0 fully saturated rings. The average Bonchev–Trinajstić information content (AvgIpc) is 3.22. The lowest BCUT2D eigenvalue weighted by atomic mass is 10.1. The van der Waals surface area contributed by atoms with Crippen molar-refractivity contribution in [2.45, 2.75) is 6.92 Å².